The van der Waals surface area contributed by atoms with Gasteiger partial charge in [0.1, 0.15) is 0 Å². The zero-order chi connectivity index (χ0) is 16.3. The zero-order valence-electron chi connectivity index (χ0n) is 14.5. The molecule has 0 fully saturated rings. The van der Waals surface area contributed by atoms with E-state index in [9.17, 15) is 9.90 Å². The predicted octanol–water partition coefficient (Wildman–Crippen LogP) is 5.52. The van der Waals surface area contributed by atoms with Gasteiger partial charge in [0.15, 0.2) is 0 Å². The number of rotatable bonds is 2. The summed E-state index contributed by atoms with van der Waals surface area (Å²) >= 11 is 0. The van der Waals surface area contributed by atoms with Gasteiger partial charge in [0.2, 0.25) is 0 Å². The van der Waals surface area contributed by atoms with Gasteiger partial charge in [-0.15, -0.1) is 0 Å². The van der Waals surface area contributed by atoms with Crippen LogP contribution in [0.25, 0.3) is 0 Å². The van der Waals surface area contributed by atoms with E-state index in [0.29, 0.717) is 23.8 Å². The summed E-state index contributed by atoms with van der Waals surface area (Å²) in [5.41, 5.74) is 3.79. The minimum atomic E-state index is -0.740. The van der Waals surface area contributed by atoms with Gasteiger partial charge in [0.05, 0.1) is 0 Å². The van der Waals surface area contributed by atoms with Crippen LogP contribution in [0.5, 0.6) is 0 Å². The van der Waals surface area contributed by atoms with Crippen molar-refractivity contribution in [1.29, 1.82) is 0 Å². The summed E-state index contributed by atoms with van der Waals surface area (Å²) < 4.78 is 0. The third-order valence-electron chi connectivity index (χ3n) is 5.54. The summed E-state index contributed by atoms with van der Waals surface area (Å²) in [6.45, 7) is 9.08. The normalized spacial score (nSPS) is 34.8. The number of carboxylic acids is 1. The van der Waals surface area contributed by atoms with Crippen LogP contribution < -0.4 is 0 Å². The second-order valence-electron chi connectivity index (χ2n) is 7.64. The second kappa shape index (κ2) is 6.85. The maximum atomic E-state index is 11.5. The maximum Gasteiger partial charge on any atom is 0.331 e. The van der Waals surface area contributed by atoms with E-state index in [1.807, 2.05) is 6.08 Å². The molecule has 0 saturated heterocycles. The molecular weight excluding hydrogens is 272 g/mol. The van der Waals surface area contributed by atoms with Gasteiger partial charge in [-0.25, -0.2) is 4.79 Å². The van der Waals surface area contributed by atoms with Crippen LogP contribution in [-0.2, 0) is 4.79 Å². The van der Waals surface area contributed by atoms with Crippen molar-refractivity contribution in [2.45, 2.75) is 66.2 Å². The molecule has 2 nitrogen and oxygen atoms in total. The Kier molecular flexibility index (Phi) is 5.31. The summed E-state index contributed by atoms with van der Waals surface area (Å²) in [6.07, 6.45) is 12.5. The van der Waals surface area contributed by atoms with Crippen molar-refractivity contribution in [2.75, 3.05) is 0 Å². The number of fused-ring (bicyclic) bond motifs is 1. The van der Waals surface area contributed by atoms with Gasteiger partial charge in [-0.1, -0.05) is 50.1 Å². The van der Waals surface area contributed by atoms with Crippen molar-refractivity contribution in [1.82, 2.24) is 0 Å². The average molecular weight is 302 g/mol. The summed E-state index contributed by atoms with van der Waals surface area (Å²) in [5.74, 6) is 0.326. The van der Waals surface area contributed by atoms with E-state index in [2.05, 4.69) is 39.8 Å². The Hall–Kier alpha value is -1.31. The standard InChI is InChI=1S/C20H30O2/c1-14(2)17-11-13-20(4)12-10-15(3)6-5-7-16(19(21)22)8-9-18(17)20/h7,10-11,14,18H,5-6,8-9,12-13H2,1-4H3,(H,21,22)/b15-10+,16-7-/t18-,20-/m0/s1. The fraction of sp³-hybridized carbons (Fsp3) is 0.650. The minimum absolute atomic E-state index is 0.259. The van der Waals surface area contributed by atoms with Crippen LogP contribution in [0.1, 0.15) is 66.2 Å². The van der Waals surface area contributed by atoms with Crippen LogP contribution >= 0.6 is 0 Å². The second-order valence-corrected chi connectivity index (χ2v) is 7.64. The highest BCUT2D eigenvalue weighted by atomic mass is 16.4. The lowest BCUT2D eigenvalue weighted by atomic mass is 9.70. The lowest BCUT2D eigenvalue weighted by Gasteiger charge is -2.34. The van der Waals surface area contributed by atoms with Crippen molar-refractivity contribution in [3.63, 3.8) is 0 Å². The maximum absolute atomic E-state index is 11.5. The summed E-state index contributed by atoms with van der Waals surface area (Å²) in [6, 6.07) is 0. The van der Waals surface area contributed by atoms with Crippen molar-refractivity contribution in [2.24, 2.45) is 17.3 Å². The molecule has 0 aromatic heterocycles. The first-order valence-corrected chi connectivity index (χ1v) is 8.61. The zero-order valence-corrected chi connectivity index (χ0v) is 14.5. The molecule has 2 rings (SSSR count). The molecule has 22 heavy (non-hydrogen) atoms. The average Bonchev–Trinajstić information content (AvgIpc) is 2.76. The Bertz CT molecular complexity index is 522. The molecule has 0 spiro atoms. The molecule has 2 aliphatic rings. The molecule has 2 heteroatoms. The van der Waals surface area contributed by atoms with Gasteiger partial charge in [0.25, 0.3) is 0 Å². The summed E-state index contributed by atoms with van der Waals surface area (Å²) in [4.78, 5) is 11.5. The monoisotopic (exact) mass is 302 g/mol. The number of hydrogen-bond donors (Lipinski definition) is 1. The van der Waals surface area contributed by atoms with Gasteiger partial charge >= 0.3 is 5.97 Å². The lowest BCUT2D eigenvalue weighted by Crippen LogP contribution is -2.25. The number of carbonyl (C=O) groups is 1. The molecule has 0 aromatic rings. The van der Waals surface area contributed by atoms with Crippen molar-refractivity contribution in [3.05, 3.63) is 34.9 Å². The summed E-state index contributed by atoms with van der Waals surface area (Å²) in [7, 11) is 0. The van der Waals surface area contributed by atoms with E-state index in [1.54, 1.807) is 0 Å². The van der Waals surface area contributed by atoms with E-state index in [0.717, 1.165) is 32.1 Å². The molecule has 0 aromatic carbocycles. The molecule has 2 atom stereocenters. The van der Waals surface area contributed by atoms with E-state index in [1.165, 1.54) is 11.1 Å². The van der Waals surface area contributed by atoms with Crippen LogP contribution in [0.2, 0.25) is 0 Å². The van der Waals surface area contributed by atoms with Gasteiger partial charge < -0.3 is 5.11 Å². The fourth-order valence-electron chi connectivity index (χ4n) is 4.00. The summed E-state index contributed by atoms with van der Waals surface area (Å²) in [5, 5.41) is 9.44. The molecule has 0 amide bonds. The molecule has 0 heterocycles. The Morgan fingerprint density at radius 1 is 1.23 bits per heavy atom. The third kappa shape index (κ3) is 3.71. The predicted molar refractivity (Wildman–Crippen MR) is 91.7 cm³/mol. The highest BCUT2D eigenvalue weighted by Crippen LogP contribution is 2.50. The Morgan fingerprint density at radius 3 is 2.55 bits per heavy atom. The molecule has 0 aliphatic heterocycles. The molecule has 0 saturated carbocycles. The van der Waals surface area contributed by atoms with E-state index >= 15 is 0 Å². The minimum Gasteiger partial charge on any atom is -0.478 e. The van der Waals surface area contributed by atoms with Crippen LogP contribution in [0.4, 0.5) is 0 Å². The Morgan fingerprint density at radius 2 is 1.91 bits per heavy atom. The quantitative estimate of drug-likeness (QED) is 0.682. The molecule has 122 valence electrons. The van der Waals surface area contributed by atoms with Crippen LogP contribution in [-0.4, -0.2) is 11.1 Å². The Balaban J connectivity index is 2.31. The number of allylic oxidation sites excluding steroid dienone is 5. The SMILES string of the molecule is C/C1=C\C[C@@]2(C)CC=C(C(C)C)[C@@H]2CC/C(C(=O)O)=C/CC1. The van der Waals surface area contributed by atoms with Gasteiger partial charge in [-0.3, -0.25) is 0 Å². The third-order valence-corrected chi connectivity index (χ3v) is 5.54. The van der Waals surface area contributed by atoms with E-state index in [-0.39, 0.29) is 5.41 Å². The fourth-order valence-corrected chi connectivity index (χ4v) is 4.00. The molecule has 0 radical (unpaired) electrons. The molecule has 1 N–H and O–H groups in total. The van der Waals surface area contributed by atoms with Crippen LogP contribution in [0.3, 0.4) is 0 Å². The first-order chi connectivity index (χ1) is 10.3. The largest absolute Gasteiger partial charge is 0.478 e. The highest BCUT2D eigenvalue weighted by molar-refractivity contribution is 5.86. The van der Waals surface area contributed by atoms with Gasteiger partial charge in [-0.05, 0) is 62.7 Å². The van der Waals surface area contributed by atoms with Crippen LogP contribution in [0, 0.1) is 17.3 Å². The van der Waals surface area contributed by atoms with Crippen molar-refractivity contribution >= 4 is 5.97 Å². The molecule has 0 bridgehead atoms. The van der Waals surface area contributed by atoms with E-state index < -0.39 is 5.97 Å². The number of aliphatic carboxylic acids is 1. The molecule has 2 aliphatic carbocycles. The number of hydrogen-bond acceptors (Lipinski definition) is 1. The van der Waals surface area contributed by atoms with Gasteiger partial charge in [-0.2, -0.15) is 0 Å². The van der Waals surface area contributed by atoms with Gasteiger partial charge in [0, 0.05) is 5.57 Å². The smallest absolute Gasteiger partial charge is 0.331 e. The highest BCUT2D eigenvalue weighted by Gasteiger charge is 2.40. The lowest BCUT2D eigenvalue weighted by molar-refractivity contribution is -0.132. The first kappa shape index (κ1) is 17.1. The van der Waals surface area contributed by atoms with Crippen molar-refractivity contribution in [3.8, 4) is 0 Å². The number of carboxylic acid groups (broad SMARTS) is 1. The van der Waals surface area contributed by atoms with E-state index in [4.69, 9.17) is 0 Å². The molecular formula is C20H30O2. The Labute approximate surface area is 135 Å². The topological polar surface area (TPSA) is 37.3 Å². The molecule has 0 unspecified atom stereocenters. The van der Waals surface area contributed by atoms with Crippen molar-refractivity contribution < 1.29 is 9.90 Å². The first-order valence-electron chi connectivity index (χ1n) is 8.61. The van der Waals surface area contributed by atoms with Crippen LogP contribution in [0.15, 0.2) is 34.9 Å².